The van der Waals surface area contributed by atoms with Gasteiger partial charge in [-0.25, -0.2) is 24.3 Å². The quantitative estimate of drug-likeness (QED) is 0.558. The first-order chi connectivity index (χ1) is 7.47. The van der Waals surface area contributed by atoms with Crippen LogP contribution in [0.5, 0.6) is 0 Å². The molecule has 1 aliphatic rings. The Bertz CT molecular complexity index is 317. The van der Waals surface area contributed by atoms with Gasteiger partial charge in [0.05, 0.1) is 0 Å². The fourth-order valence-electron chi connectivity index (χ4n) is 2.24. The van der Waals surface area contributed by atoms with Crippen molar-refractivity contribution in [2.24, 2.45) is 0 Å². The summed E-state index contributed by atoms with van der Waals surface area (Å²) in [5, 5.41) is 0. The third kappa shape index (κ3) is 6.40. The molecular weight excluding hydrogens is 309 g/mol. The third-order valence-electron chi connectivity index (χ3n) is 3.07. The molecule has 3 heteroatoms. The molecule has 1 saturated carbocycles. The van der Waals surface area contributed by atoms with Crippen LogP contribution in [-0.4, -0.2) is 0 Å². The van der Waals surface area contributed by atoms with Gasteiger partial charge in [0.2, 0.25) is 0 Å². The molecule has 0 radical (unpaired) electrons. The molecule has 1 aliphatic carbocycles. The Kier molecular flexibility index (Phi) is 12.7. The standard InChI is InChI=1S/C10H13.C5H5.2FH.Zr/c1-2-6-9(5-1)10-7-3-4-8-10;1-2-4-5-3-1;;;/h1-2,5-6,10H,3-4,7-8H2;1-5H;2*1H;/q2*-1;;;+4/p-2. The van der Waals surface area contributed by atoms with Crippen LogP contribution in [0.1, 0.15) is 37.2 Å². The Morgan fingerprint density at radius 3 is 1.72 bits per heavy atom. The van der Waals surface area contributed by atoms with E-state index < -0.39 is 0 Å². The molecule has 0 N–H and O–H groups in total. The molecule has 1 fully saturated rings. The molecule has 18 heavy (non-hydrogen) atoms. The minimum Gasteiger partial charge on any atom is -1.00 e. The Balaban J connectivity index is 0. The first-order valence-corrected chi connectivity index (χ1v) is 5.85. The van der Waals surface area contributed by atoms with E-state index in [0.29, 0.717) is 0 Å². The van der Waals surface area contributed by atoms with Gasteiger partial charge in [-0.05, 0) is 0 Å². The maximum Gasteiger partial charge on any atom is 4.00 e. The van der Waals surface area contributed by atoms with Gasteiger partial charge in [-0.15, -0.1) is 0 Å². The summed E-state index contributed by atoms with van der Waals surface area (Å²) in [5.41, 5.74) is 1.57. The second-order valence-electron chi connectivity index (χ2n) is 4.16. The van der Waals surface area contributed by atoms with Crippen LogP contribution in [0, 0.1) is 0 Å². The molecule has 0 aromatic heterocycles. The Morgan fingerprint density at radius 1 is 0.833 bits per heavy atom. The third-order valence-corrected chi connectivity index (χ3v) is 3.07. The molecule has 0 atom stereocenters. The van der Waals surface area contributed by atoms with Crippen LogP contribution in [-0.2, 0) is 26.2 Å². The molecule has 0 heterocycles. The summed E-state index contributed by atoms with van der Waals surface area (Å²) >= 11 is 0. The van der Waals surface area contributed by atoms with Gasteiger partial charge >= 0.3 is 26.2 Å². The van der Waals surface area contributed by atoms with Gasteiger partial charge in [-0.1, -0.05) is 31.6 Å². The minimum atomic E-state index is 0. The van der Waals surface area contributed by atoms with Gasteiger partial charge in [0.25, 0.3) is 0 Å². The van der Waals surface area contributed by atoms with Crippen LogP contribution < -0.4 is 9.41 Å². The number of rotatable bonds is 1. The van der Waals surface area contributed by atoms with Crippen molar-refractivity contribution in [2.75, 3.05) is 0 Å². The molecule has 0 amide bonds. The van der Waals surface area contributed by atoms with Crippen molar-refractivity contribution in [3.8, 4) is 0 Å². The minimum absolute atomic E-state index is 0. The monoisotopic (exact) mass is 326 g/mol. The first kappa shape index (κ1) is 19.8. The van der Waals surface area contributed by atoms with E-state index in [1.54, 1.807) is 5.56 Å². The van der Waals surface area contributed by atoms with Gasteiger partial charge in [0.15, 0.2) is 0 Å². The van der Waals surface area contributed by atoms with Gasteiger partial charge in [-0.3, -0.25) is 0 Å². The van der Waals surface area contributed by atoms with E-state index in [-0.39, 0.29) is 35.6 Å². The summed E-state index contributed by atoms with van der Waals surface area (Å²) in [6.07, 6.45) is 5.72. The van der Waals surface area contributed by atoms with Crippen LogP contribution in [0.4, 0.5) is 0 Å². The van der Waals surface area contributed by atoms with Crippen LogP contribution in [0.2, 0.25) is 0 Å². The average Bonchev–Trinajstić information content (AvgIpc) is 3.06. The Hall–Kier alpha value is -0.557. The molecule has 3 rings (SSSR count). The summed E-state index contributed by atoms with van der Waals surface area (Å²) < 4.78 is 0. The van der Waals surface area contributed by atoms with Crippen molar-refractivity contribution in [1.82, 2.24) is 0 Å². The smallest absolute Gasteiger partial charge is 1.00 e. The predicted octanol–water partition coefficient (Wildman–Crippen LogP) is -1.53. The zero-order valence-corrected chi connectivity index (χ0v) is 12.8. The molecule has 0 bridgehead atoms. The molecule has 0 spiro atoms. The normalized spacial score (nSPS) is 13.3. The molecule has 0 saturated heterocycles. The fraction of sp³-hybridized carbons (Fsp3) is 0.333. The van der Waals surface area contributed by atoms with Crippen LogP contribution in [0.15, 0.2) is 54.6 Å². The van der Waals surface area contributed by atoms with Crippen molar-refractivity contribution in [1.29, 1.82) is 0 Å². The maximum atomic E-state index is 2.26. The largest absolute Gasteiger partial charge is 4.00 e. The number of halogens is 2. The Morgan fingerprint density at radius 2 is 1.33 bits per heavy atom. The summed E-state index contributed by atoms with van der Waals surface area (Å²) in [6, 6.07) is 18.8. The predicted molar refractivity (Wildman–Crippen MR) is 65.3 cm³/mol. The van der Waals surface area contributed by atoms with E-state index >= 15 is 0 Å². The molecule has 0 aliphatic heterocycles. The fourth-order valence-corrected chi connectivity index (χ4v) is 2.24. The van der Waals surface area contributed by atoms with Gasteiger partial charge < -0.3 is 9.41 Å². The molecular formula is C15H18F2Zr. The van der Waals surface area contributed by atoms with Crippen LogP contribution >= 0.6 is 0 Å². The van der Waals surface area contributed by atoms with E-state index in [0.717, 1.165) is 5.92 Å². The number of hydrogen-bond donors (Lipinski definition) is 0. The summed E-state index contributed by atoms with van der Waals surface area (Å²) in [4.78, 5) is 0. The van der Waals surface area contributed by atoms with Crippen LogP contribution in [0.3, 0.4) is 0 Å². The second kappa shape index (κ2) is 11.5. The summed E-state index contributed by atoms with van der Waals surface area (Å²) in [7, 11) is 0. The molecule has 2 aromatic rings. The van der Waals surface area contributed by atoms with Gasteiger partial charge in [-0.2, -0.15) is 35.9 Å². The summed E-state index contributed by atoms with van der Waals surface area (Å²) in [6.45, 7) is 0. The van der Waals surface area contributed by atoms with Crippen LogP contribution in [0.25, 0.3) is 0 Å². The SMILES string of the molecule is [F-].[F-].[Zr+4].c1cc[c-](C2CCCC2)c1.c1cc[cH-]c1. The van der Waals surface area contributed by atoms with Crippen molar-refractivity contribution in [2.45, 2.75) is 31.6 Å². The van der Waals surface area contributed by atoms with E-state index in [9.17, 15) is 0 Å². The Labute approximate surface area is 127 Å². The van der Waals surface area contributed by atoms with E-state index in [4.69, 9.17) is 0 Å². The van der Waals surface area contributed by atoms with E-state index in [1.807, 2.05) is 30.3 Å². The maximum absolute atomic E-state index is 2.26. The zero-order valence-electron chi connectivity index (χ0n) is 10.4. The topological polar surface area (TPSA) is 0 Å². The zero-order chi connectivity index (χ0) is 10.3. The molecule has 0 unspecified atom stereocenters. The average molecular weight is 328 g/mol. The molecule has 2 aromatic carbocycles. The number of hydrogen-bond acceptors (Lipinski definition) is 0. The van der Waals surface area contributed by atoms with Crippen molar-refractivity contribution in [3.05, 3.63) is 60.2 Å². The molecule has 0 nitrogen and oxygen atoms in total. The van der Waals surface area contributed by atoms with Gasteiger partial charge in [0.1, 0.15) is 0 Å². The van der Waals surface area contributed by atoms with E-state index in [1.165, 1.54) is 25.7 Å². The van der Waals surface area contributed by atoms with Crippen molar-refractivity contribution < 1.29 is 35.6 Å². The van der Waals surface area contributed by atoms with E-state index in [2.05, 4.69) is 24.3 Å². The van der Waals surface area contributed by atoms with Crippen molar-refractivity contribution >= 4 is 0 Å². The first-order valence-electron chi connectivity index (χ1n) is 5.85. The van der Waals surface area contributed by atoms with Gasteiger partial charge in [0, 0.05) is 0 Å². The second-order valence-corrected chi connectivity index (χ2v) is 4.16. The van der Waals surface area contributed by atoms with Crippen molar-refractivity contribution in [3.63, 3.8) is 0 Å². The molecule has 96 valence electrons. The summed E-state index contributed by atoms with van der Waals surface area (Å²) in [5.74, 6) is 0.898.